The summed E-state index contributed by atoms with van der Waals surface area (Å²) in [5, 5.41) is 7.66. The largest absolute Gasteiger partial charge is 0.497 e. The topological polar surface area (TPSA) is 85.7 Å². The van der Waals surface area contributed by atoms with E-state index in [4.69, 9.17) is 14.6 Å². The van der Waals surface area contributed by atoms with Gasteiger partial charge in [0.05, 0.1) is 19.2 Å². The fourth-order valence-corrected chi connectivity index (χ4v) is 3.53. The van der Waals surface area contributed by atoms with Crippen molar-refractivity contribution in [1.82, 2.24) is 14.7 Å². The third kappa shape index (κ3) is 6.09. The molecule has 8 heteroatoms. The van der Waals surface area contributed by atoms with Gasteiger partial charge >= 0.3 is 0 Å². The number of hydrogen-bond acceptors (Lipinski definition) is 5. The minimum atomic E-state index is -0.288. The maximum absolute atomic E-state index is 13.3. The van der Waals surface area contributed by atoms with Crippen LogP contribution in [0.15, 0.2) is 85.1 Å². The van der Waals surface area contributed by atoms with E-state index in [9.17, 15) is 9.59 Å². The third-order valence-corrected chi connectivity index (χ3v) is 5.51. The zero-order valence-corrected chi connectivity index (χ0v) is 20.5. The second kappa shape index (κ2) is 11.2. The summed E-state index contributed by atoms with van der Waals surface area (Å²) in [6.07, 6.45) is 1.75. The van der Waals surface area contributed by atoms with Crippen molar-refractivity contribution in [3.63, 3.8) is 0 Å². The van der Waals surface area contributed by atoms with Gasteiger partial charge in [0.1, 0.15) is 17.2 Å². The van der Waals surface area contributed by atoms with Crippen LogP contribution in [-0.4, -0.2) is 54.3 Å². The van der Waals surface area contributed by atoms with Crippen molar-refractivity contribution in [2.45, 2.75) is 6.54 Å². The maximum atomic E-state index is 13.3. The highest BCUT2D eigenvalue weighted by molar-refractivity contribution is 6.08. The van der Waals surface area contributed by atoms with Crippen LogP contribution in [0.25, 0.3) is 11.3 Å². The van der Waals surface area contributed by atoms with E-state index in [2.05, 4.69) is 5.32 Å². The van der Waals surface area contributed by atoms with Crippen LogP contribution in [-0.2, 0) is 11.3 Å². The second-order valence-electron chi connectivity index (χ2n) is 8.36. The molecule has 184 valence electrons. The highest BCUT2D eigenvalue weighted by Gasteiger charge is 2.19. The average Bonchev–Trinajstić information content (AvgIpc) is 3.32. The van der Waals surface area contributed by atoms with Crippen molar-refractivity contribution >= 4 is 17.5 Å². The molecule has 1 heterocycles. The zero-order chi connectivity index (χ0) is 25.5. The monoisotopic (exact) mass is 484 g/mol. The fourth-order valence-electron chi connectivity index (χ4n) is 3.53. The molecular formula is C28H28N4O4. The van der Waals surface area contributed by atoms with Crippen molar-refractivity contribution in [3.05, 3.63) is 96.2 Å². The smallest absolute Gasteiger partial charge is 0.259 e. The van der Waals surface area contributed by atoms with Crippen LogP contribution in [0.2, 0.25) is 0 Å². The lowest BCUT2D eigenvalue weighted by atomic mass is 10.1. The number of carbonyl (C=O) groups is 2. The normalized spacial score (nSPS) is 10.5. The lowest BCUT2D eigenvalue weighted by molar-refractivity contribution is -0.130. The summed E-state index contributed by atoms with van der Waals surface area (Å²) in [5.41, 5.74) is 3.45. The summed E-state index contributed by atoms with van der Waals surface area (Å²) in [6, 6.07) is 24.3. The van der Waals surface area contributed by atoms with E-state index in [-0.39, 0.29) is 18.4 Å². The molecule has 2 amide bonds. The molecule has 0 spiro atoms. The molecule has 1 N–H and O–H groups in total. The molecule has 0 aliphatic carbocycles. The summed E-state index contributed by atoms with van der Waals surface area (Å²) >= 11 is 0. The summed E-state index contributed by atoms with van der Waals surface area (Å²) in [7, 11) is 4.95. The van der Waals surface area contributed by atoms with Crippen LogP contribution >= 0.6 is 0 Å². The molecule has 3 aromatic carbocycles. The fraction of sp³-hybridized carbons (Fsp3) is 0.179. The first kappa shape index (κ1) is 24.5. The Labute approximate surface area is 210 Å². The lowest BCUT2D eigenvalue weighted by Crippen LogP contribution is -2.27. The Kier molecular flexibility index (Phi) is 7.65. The quantitative estimate of drug-likeness (QED) is 0.382. The van der Waals surface area contributed by atoms with Gasteiger partial charge in [0, 0.05) is 31.5 Å². The van der Waals surface area contributed by atoms with Gasteiger partial charge in [-0.3, -0.25) is 14.3 Å². The lowest BCUT2D eigenvalue weighted by Gasteiger charge is -2.12. The molecule has 0 atom stereocenters. The van der Waals surface area contributed by atoms with Gasteiger partial charge in [-0.25, -0.2) is 0 Å². The van der Waals surface area contributed by atoms with E-state index in [1.54, 1.807) is 56.3 Å². The summed E-state index contributed by atoms with van der Waals surface area (Å²) < 4.78 is 12.6. The Balaban J connectivity index is 1.56. The van der Waals surface area contributed by atoms with Gasteiger partial charge in [-0.05, 0) is 42.0 Å². The first-order valence-electron chi connectivity index (χ1n) is 11.4. The molecule has 0 saturated heterocycles. The number of likely N-dealkylation sites (N-methyl/N-ethyl adjacent to an activating group) is 1. The molecule has 0 bridgehead atoms. The highest BCUT2D eigenvalue weighted by Crippen LogP contribution is 2.27. The number of amides is 2. The number of ether oxygens (including phenoxy) is 2. The van der Waals surface area contributed by atoms with Gasteiger partial charge in [-0.2, -0.15) is 5.10 Å². The third-order valence-electron chi connectivity index (χ3n) is 5.51. The van der Waals surface area contributed by atoms with Gasteiger partial charge in [0.2, 0.25) is 0 Å². The summed E-state index contributed by atoms with van der Waals surface area (Å²) in [4.78, 5) is 26.5. The minimum Gasteiger partial charge on any atom is -0.497 e. The molecule has 4 rings (SSSR count). The Morgan fingerprint density at radius 1 is 0.944 bits per heavy atom. The van der Waals surface area contributed by atoms with Crippen LogP contribution in [0.3, 0.4) is 0 Å². The standard InChI is InChI=1S/C28H28N4O4/c1-31(2)26(33)19-36-23-14-12-22(13-15-23)29-28(34)25-18-32(17-20-8-5-4-6-9-20)30-27(25)21-10-7-11-24(16-21)35-3/h4-16,18H,17,19H2,1-3H3,(H,29,34). The number of anilines is 1. The van der Waals surface area contributed by atoms with Crippen molar-refractivity contribution < 1.29 is 19.1 Å². The molecule has 0 unspecified atom stereocenters. The van der Waals surface area contributed by atoms with E-state index >= 15 is 0 Å². The number of carbonyl (C=O) groups excluding carboxylic acids is 2. The Morgan fingerprint density at radius 2 is 1.69 bits per heavy atom. The highest BCUT2D eigenvalue weighted by atomic mass is 16.5. The summed E-state index contributed by atoms with van der Waals surface area (Å²) in [6.45, 7) is 0.478. The first-order chi connectivity index (χ1) is 17.4. The van der Waals surface area contributed by atoms with Crippen molar-refractivity contribution in [2.24, 2.45) is 0 Å². The number of nitrogens with zero attached hydrogens (tertiary/aromatic N) is 3. The van der Waals surface area contributed by atoms with Gasteiger partial charge in [0.25, 0.3) is 11.8 Å². The minimum absolute atomic E-state index is 0.0524. The molecule has 0 saturated carbocycles. The number of methoxy groups -OCH3 is 1. The SMILES string of the molecule is COc1cccc(-c2nn(Cc3ccccc3)cc2C(=O)Nc2ccc(OCC(=O)N(C)C)cc2)c1. The van der Waals surface area contributed by atoms with Gasteiger partial charge in [-0.1, -0.05) is 42.5 Å². The molecule has 8 nitrogen and oxygen atoms in total. The zero-order valence-electron chi connectivity index (χ0n) is 20.5. The van der Waals surface area contributed by atoms with Gasteiger partial charge in [0.15, 0.2) is 6.61 Å². The van der Waals surface area contributed by atoms with Crippen LogP contribution in [0.4, 0.5) is 5.69 Å². The van der Waals surface area contributed by atoms with E-state index in [0.717, 1.165) is 11.1 Å². The average molecular weight is 485 g/mol. The van der Waals surface area contributed by atoms with Crippen molar-refractivity contribution in [2.75, 3.05) is 33.1 Å². The Bertz CT molecular complexity index is 1330. The molecule has 0 aliphatic rings. The van der Waals surface area contributed by atoms with E-state index in [1.807, 2.05) is 54.6 Å². The van der Waals surface area contributed by atoms with Crippen molar-refractivity contribution in [1.29, 1.82) is 0 Å². The predicted octanol–water partition coefficient (Wildman–Crippen LogP) is 4.33. The maximum Gasteiger partial charge on any atom is 0.259 e. The van der Waals surface area contributed by atoms with Crippen LogP contribution in [0.5, 0.6) is 11.5 Å². The number of hydrogen-bond donors (Lipinski definition) is 1. The van der Waals surface area contributed by atoms with E-state index in [1.165, 1.54) is 4.90 Å². The van der Waals surface area contributed by atoms with E-state index < -0.39 is 0 Å². The molecule has 0 radical (unpaired) electrons. The number of aromatic nitrogens is 2. The van der Waals surface area contributed by atoms with Crippen molar-refractivity contribution in [3.8, 4) is 22.8 Å². The Morgan fingerprint density at radius 3 is 2.39 bits per heavy atom. The molecule has 0 aliphatic heterocycles. The van der Waals surface area contributed by atoms with Gasteiger partial charge in [-0.15, -0.1) is 0 Å². The van der Waals surface area contributed by atoms with Gasteiger partial charge < -0.3 is 19.7 Å². The summed E-state index contributed by atoms with van der Waals surface area (Å²) in [5.74, 6) is 0.796. The molecule has 4 aromatic rings. The first-order valence-corrected chi connectivity index (χ1v) is 11.4. The number of benzene rings is 3. The Hall–Kier alpha value is -4.59. The van der Waals surface area contributed by atoms with Crippen LogP contribution < -0.4 is 14.8 Å². The number of nitrogens with one attached hydrogen (secondary N) is 1. The predicted molar refractivity (Wildman–Crippen MR) is 138 cm³/mol. The van der Waals surface area contributed by atoms with Crippen LogP contribution in [0, 0.1) is 0 Å². The second-order valence-corrected chi connectivity index (χ2v) is 8.36. The van der Waals surface area contributed by atoms with Crippen LogP contribution in [0.1, 0.15) is 15.9 Å². The molecule has 1 aromatic heterocycles. The number of rotatable bonds is 9. The molecular weight excluding hydrogens is 456 g/mol. The molecule has 36 heavy (non-hydrogen) atoms. The van der Waals surface area contributed by atoms with E-state index in [0.29, 0.717) is 35.0 Å². The molecule has 0 fully saturated rings.